The molecule has 0 atom stereocenters. The van der Waals surface area contributed by atoms with Crippen LogP contribution in [0.5, 0.6) is 5.75 Å². The van der Waals surface area contributed by atoms with Crippen LogP contribution in [0, 0.1) is 5.82 Å². The van der Waals surface area contributed by atoms with E-state index in [1.54, 1.807) is 21.9 Å². The second kappa shape index (κ2) is 9.16. The first-order chi connectivity index (χ1) is 13.1. The van der Waals surface area contributed by atoms with Crippen LogP contribution in [0.4, 0.5) is 4.39 Å². The normalized spacial score (nSPS) is 14.1. The van der Waals surface area contributed by atoms with Gasteiger partial charge >= 0.3 is 0 Å². The number of nitrogens with zero attached hydrogens (tertiary/aromatic N) is 2. The van der Waals surface area contributed by atoms with E-state index in [1.165, 1.54) is 12.1 Å². The van der Waals surface area contributed by atoms with Crippen LogP contribution in [-0.4, -0.2) is 54.4 Å². The predicted octanol–water partition coefficient (Wildman–Crippen LogP) is 2.97. The lowest BCUT2D eigenvalue weighted by Gasteiger charge is -2.35. The Labute approximate surface area is 158 Å². The van der Waals surface area contributed by atoms with Crippen molar-refractivity contribution in [1.82, 2.24) is 9.80 Å². The molecule has 1 heterocycles. The van der Waals surface area contributed by atoms with Gasteiger partial charge in [-0.25, -0.2) is 4.39 Å². The van der Waals surface area contributed by atoms with Crippen LogP contribution in [0.15, 0.2) is 54.6 Å². The fourth-order valence-electron chi connectivity index (χ4n) is 3.05. The van der Waals surface area contributed by atoms with Crippen LogP contribution in [0.25, 0.3) is 0 Å². The van der Waals surface area contributed by atoms with Gasteiger partial charge in [0.25, 0.3) is 5.91 Å². The predicted molar refractivity (Wildman–Crippen MR) is 100 cm³/mol. The third-order valence-corrected chi connectivity index (χ3v) is 4.57. The molecule has 142 valence electrons. The molecule has 1 aliphatic heterocycles. The van der Waals surface area contributed by atoms with Crippen molar-refractivity contribution in [3.05, 3.63) is 66.0 Å². The van der Waals surface area contributed by atoms with Gasteiger partial charge in [0.15, 0.2) is 0 Å². The minimum atomic E-state index is -0.514. The summed E-state index contributed by atoms with van der Waals surface area (Å²) in [5.74, 6) is 0.0192. The number of benzene rings is 2. The number of carbonyl (C=O) groups is 2. The van der Waals surface area contributed by atoms with Crippen molar-refractivity contribution in [2.24, 2.45) is 0 Å². The number of hydrogen-bond acceptors (Lipinski definition) is 3. The number of ether oxygens (including phenoxy) is 1. The summed E-state index contributed by atoms with van der Waals surface area (Å²) in [5, 5.41) is 0. The van der Waals surface area contributed by atoms with Gasteiger partial charge in [-0.1, -0.05) is 30.3 Å². The number of halogens is 1. The fourth-order valence-corrected chi connectivity index (χ4v) is 3.05. The van der Waals surface area contributed by atoms with Gasteiger partial charge in [0, 0.05) is 32.6 Å². The highest BCUT2D eigenvalue weighted by atomic mass is 19.1. The summed E-state index contributed by atoms with van der Waals surface area (Å²) >= 11 is 0. The molecule has 0 spiro atoms. The van der Waals surface area contributed by atoms with E-state index in [9.17, 15) is 14.0 Å². The molecule has 1 saturated heterocycles. The topological polar surface area (TPSA) is 49.9 Å². The summed E-state index contributed by atoms with van der Waals surface area (Å²) < 4.78 is 19.4. The third kappa shape index (κ3) is 5.06. The molecule has 0 aromatic heterocycles. The van der Waals surface area contributed by atoms with Crippen molar-refractivity contribution in [2.45, 2.75) is 12.8 Å². The van der Waals surface area contributed by atoms with Crippen LogP contribution < -0.4 is 4.74 Å². The number of hydrogen-bond donors (Lipinski definition) is 0. The first-order valence-electron chi connectivity index (χ1n) is 9.14. The highest BCUT2D eigenvalue weighted by molar-refractivity contribution is 5.94. The molecule has 2 amide bonds. The highest BCUT2D eigenvalue weighted by Crippen LogP contribution is 2.13. The Bertz CT molecular complexity index is 774. The van der Waals surface area contributed by atoms with Crippen LogP contribution in [0.3, 0.4) is 0 Å². The van der Waals surface area contributed by atoms with Crippen molar-refractivity contribution >= 4 is 11.8 Å². The molecule has 3 rings (SSSR count). The molecule has 2 aromatic rings. The molecule has 27 heavy (non-hydrogen) atoms. The highest BCUT2D eigenvalue weighted by Gasteiger charge is 2.25. The smallest absolute Gasteiger partial charge is 0.256 e. The van der Waals surface area contributed by atoms with Gasteiger partial charge in [-0.3, -0.25) is 9.59 Å². The van der Waals surface area contributed by atoms with Crippen molar-refractivity contribution in [3.8, 4) is 5.75 Å². The average molecular weight is 370 g/mol. The molecule has 2 aromatic carbocycles. The Balaban J connectivity index is 1.40. The number of rotatable bonds is 6. The third-order valence-electron chi connectivity index (χ3n) is 4.57. The zero-order valence-electron chi connectivity index (χ0n) is 15.1. The molecule has 0 unspecified atom stereocenters. The van der Waals surface area contributed by atoms with E-state index in [4.69, 9.17) is 4.74 Å². The van der Waals surface area contributed by atoms with Crippen LogP contribution in [0.2, 0.25) is 0 Å². The molecular formula is C21H23FN2O3. The SMILES string of the molecule is O=C(CCCOc1ccccc1)N1CCN(C(=O)c2ccccc2F)CC1. The first-order valence-corrected chi connectivity index (χ1v) is 9.14. The van der Waals surface area contributed by atoms with Crippen molar-refractivity contribution in [2.75, 3.05) is 32.8 Å². The van der Waals surface area contributed by atoms with E-state index in [-0.39, 0.29) is 17.4 Å². The molecule has 1 fully saturated rings. The minimum absolute atomic E-state index is 0.0599. The molecule has 0 bridgehead atoms. The summed E-state index contributed by atoms with van der Waals surface area (Å²) in [6.45, 7) is 2.26. The summed E-state index contributed by atoms with van der Waals surface area (Å²) in [5.41, 5.74) is 0.0790. The second-order valence-corrected chi connectivity index (χ2v) is 6.42. The van der Waals surface area contributed by atoms with Crippen molar-refractivity contribution in [1.29, 1.82) is 0 Å². The Morgan fingerprint density at radius 1 is 0.889 bits per heavy atom. The maximum absolute atomic E-state index is 13.8. The van der Waals surface area contributed by atoms with Gasteiger partial charge < -0.3 is 14.5 Å². The zero-order valence-corrected chi connectivity index (χ0v) is 15.1. The Hall–Kier alpha value is -2.89. The van der Waals surface area contributed by atoms with Crippen molar-refractivity contribution < 1.29 is 18.7 Å². The van der Waals surface area contributed by atoms with E-state index in [0.717, 1.165) is 5.75 Å². The maximum atomic E-state index is 13.8. The van der Waals surface area contributed by atoms with E-state index >= 15 is 0 Å². The number of amides is 2. The van der Waals surface area contributed by atoms with Crippen LogP contribution in [0.1, 0.15) is 23.2 Å². The van der Waals surface area contributed by atoms with Crippen LogP contribution in [-0.2, 0) is 4.79 Å². The molecule has 6 heteroatoms. The van der Waals surface area contributed by atoms with Gasteiger partial charge in [-0.05, 0) is 30.7 Å². The summed E-state index contributed by atoms with van der Waals surface area (Å²) in [7, 11) is 0. The number of piperazine rings is 1. The maximum Gasteiger partial charge on any atom is 0.256 e. The summed E-state index contributed by atoms with van der Waals surface area (Å²) in [4.78, 5) is 28.1. The molecule has 0 N–H and O–H groups in total. The lowest BCUT2D eigenvalue weighted by Crippen LogP contribution is -2.50. The van der Waals surface area contributed by atoms with Crippen LogP contribution >= 0.6 is 0 Å². The molecule has 0 aliphatic carbocycles. The molecule has 1 aliphatic rings. The number of carbonyl (C=O) groups excluding carboxylic acids is 2. The van der Waals surface area contributed by atoms with Gasteiger partial charge in [-0.2, -0.15) is 0 Å². The monoisotopic (exact) mass is 370 g/mol. The molecular weight excluding hydrogens is 347 g/mol. The van der Waals surface area contributed by atoms with E-state index < -0.39 is 5.82 Å². The fraction of sp³-hybridized carbons (Fsp3) is 0.333. The number of para-hydroxylation sites is 1. The quantitative estimate of drug-likeness (QED) is 0.735. The van der Waals surface area contributed by atoms with E-state index in [0.29, 0.717) is 45.6 Å². The molecule has 0 saturated carbocycles. The van der Waals surface area contributed by atoms with Crippen molar-refractivity contribution in [3.63, 3.8) is 0 Å². The average Bonchev–Trinajstić information content (AvgIpc) is 2.72. The lowest BCUT2D eigenvalue weighted by atomic mass is 10.1. The van der Waals surface area contributed by atoms with Gasteiger partial charge in [0.1, 0.15) is 11.6 Å². The molecule has 0 radical (unpaired) electrons. The molecule has 5 nitrogen and oxygen atoms in total. The minimum Gasteiger partial charge on any atom is -0.494 e. The van der Waals surface area contributed by atoms with E-state index in [2.05, 4.69) is 0 Å². The standard InChI is InChI=1S/C21H23FN2O3/c22-19-10-5-4-9-18(19)21(26)24-14-12-23(13-15-24)20(25)11-6-16-27-17-7-2-1-3-8-17/h1-5,7-10H,6,11-16H2. The largest absolute Gasteiger partial charge is 0.494 e. The Morgan fingerprint density at radius 3 is 2.22 bits per heavy atom. The zero-order chi connectivity index (χ0) is 19.1. The van der Waals surface area contributed by atoms with E-state index in [1.807, 2.05) is 30.3 Å². The summed E-state index contributed by atoms with van der Waals surface area (Å²) in [6.07, 6.45) is 1.05. The van der Waals surface area contributed by atoms with Gasteiger partial charge in [0.2, 0.25) is 5.91 Å². The second-order valence-electron chi connectivity index (χ2n) is 6.42. The first kappa shape index (κ1) is 18.9. The lowest BCUT2D eigenvalue weighted by molar-refractivity contribution is -0.132. The van der Waals surface area contributed by atoms with Gasteiger partial charge in [-0.15, -0.1) is 0 Å². The summed E-state index contributed by atoms with van der Waals surface area (Å²) in [6, 6.07) is 15.5. The Morgan fingerprint density at radius 2 is 1.52 bits per heavy atom. The van der Waals surface area contributed by atoms with Gasteiger partial charge in [0.05, 0.1) is 12.2 Å². The Kier molecular flexibility index (Phi) is 6.41.